The highest BCUT2D eigenvalue weighted by Crippen LogP contribution is 2.68. The quantitative estimate of drug-likeness (QED) is 0.0665. The fourth-order valence-corrected chi connectivity index (χ4v) is 15.4. The van der Waals surface area contributed by atoms with E-state index in [0.717, 1.165) is 49.8 Å². The van der Waals surface area contributed by atoms with Gasteiger partial charge in [0.25, 0.3) is 0 Å². The summed E-state index contributed by atoms with van der Waals surface area (Å²) in [6, 6.07) is 17.3. The second kappa shape index (κ2) is 17.4. The van der Waals surface area contributed by atoms with E-state index in [9.17, 15) is 19.8 Å². The average Bonchev–Trinajstić information content (AvgIpc) is 4.02. The molecule has 15 heteroatoms. The van der Waals surface area contributed by atoms with Crippen LogP contribution >= 0.6 is 11.8 Å². The van der Waals surface area contributed by atoms with Crippen LogP contribution in [0, 0.1) is 11.3 Å². The lowest BCUT2D eigenvalue weighted by atomic mass is 9.47. The van der Waals surface area contributed by atoms with Crippen molar-refractivity contribution in [2.24, 2.45) is 11.3 Å². The Kier molecular flexibility index (Phi) is 12.0. The third-order valence-electron chi connectivity index (χ3n) is 17.2. The lowest BCUT2D eigenvalue weighted by Gasteiger charge is -2.63. The maximum absolute atomic E-state index is 15.7. The van der Waals surface area contributed by atoms with Gasteiger partial charge in [-0.2, -0.15) is 0 Å². The third-order valence-corrected chi connectivity index (χ3v) is 18.3. The summed E-state index contributed by atoms with van der Waals surface area (Å²) >= 11 is 1.74. The molecule has 1 aromatic heterocycles. The molecule has 0 radical (unpaired) electrons. The number of methoxy groups -OCH3 is 4. The van der Waals surface area contributed by atoms with Crippen LogP contribution in [0.15, 0.2) is 71.6 Å². The first-order valence-corrected chi connectivity index (χ1v) is 25.4. The van der Waals surface area contributed by atoms with Gasteiger partial charge in [0, 0.05) is 102 Å². The molecule has 4 aromatic rings. The van der Waals surface area contributed by atoms with Crippen LogP contribution in [-0.4, -0.2) is 141 Å². The third kappa shape index (κ3) is 6.91. The number of rotatable bonds is 11. The summed E-state index contributed by atoms with van der Waals surface area (Å²) < 4.78 is 29.6. The van der Waals surface area contributed by atoms with Gasteiger partial charge in [-0.15, -0.1) is 11.8 Å². The Morgan fingerprint density at radius 2 is 1.65 bits per heavy atom. The number of aliphatic hydroxyl groups is 2. The van der Waals surface area contributed by atoms with Gasteiger partial charge in [0.1, 0.15) is 16.9 Å². The van der Waals surface area contributed by atoms with Crippen molar-refractivity contribution >= 4 is 46.3 Å². The fraction of sp³-hybridized carbons (Fsp3) is 0.537. The van der Waals surface area contributed by atoms with E-state index in [1.807, 2.05) is 44.0 Å². The largest absolute Gasteiger partial charge is 0.497 e. The molecular formula is C54H66N4O10S. The van der Waals surface area contributed by atoms with Crippen molar-refractivity contribution < 1.29 is 48.3 Å². The number of H-pyrrole nitrogens is 1. The molecule has 3 N–H and O–H groups in total. The van der Waals surface area contributed by atoms with Crippen LogP contribution in [0.1, 0.15) is 80.8 Å². The number of likely N-dealkylation sites (N-methyl/N-ethyl adjacent to an activating group) is 1. The van der Waals surface area contributed by atoms with Crippen molar-refractivity contribution in [1.29, 1.82) is 0 Å². The lowest BCUT2D eigenvalue weighted by molar-refractivity contribution is -0.228. The molecule has 6 aliphatic rings. The molecule has 1 aliphatic carbocycles. The van der Waals surface area contributed by atoms with Crippen LogP contribution < -0.4 is 14.4 Å². The Balaban J connectivity index is 1.22. The smallest absolute Gasteiger partial charge is 0.344 e. The number of thioether (sulfide) groups is 1. The van der Waals surface area contributed by atoms with Crippen molar-refractivity contribution in [2.75, 3.05) is 73.1 Å². The molecule has 2 bridgehead atoms. The first-order chi connectivity index (χ1) is 33.1. The fourth-order valence-electron chi connectivity index (χ4n) is 14.5. The number of ether oxygens (including phenoxy) is 5. The van der Waals surface area contributed by atoms with Crippen molar-refractivity contribution in [1.82, 2.24) is 14.8 Å². The maximum Gasteiger partial charge on any atom is 0.344 e. The normalized spacial score (nSPS) is 33.2. The molecular weight excluding hydrogens is 897 g/mol. The molecule has 6 heterocycles. The standard InChI is InChI=1S/C54H66N4O10S/c1-9-50(62)27-34-28-53(48(60)66-7,44-37(18-22-57(29-34)31-50)38-24-36(16-17-41(38)55-44)69-30-33-12-14-35(64-5)15-13-33)40-25-39-42(26-43(40)65-6)56(4)46-52(39)20-23-58-21-11-19-51(10-2,45(52)58)47(68-32(3)59)54(46,63)49(61)67-8/h11-17,19,24-26,34,45-47,55,62-63H,9-10,18,20-23,27-31H2,1-8H3/t34-,45+,46-,47-,50+,51-,52-,53+,54+/m1/s1. The number of anilines is 1. The molecule has 10 atom stereocenters. The zero-order valence-electron chi connectivity index (χ0n) is 41.1. The van der Waals surface area contributed by atoms with Gasteiger partial charge in [0.2, 0.25) is 5.60 Å². The highest BCUT2D eigenvalue weighted by atomic mass is 32.2. The summed E-state index contributed by atoms with van der Waals surface area (Å²) in [4.78, 5) is 55.0. The number of nitrogens with one attached hydrogen (secondary N) is 1. The predicted molar refractivity (Wildman–Crippen MR) is 263 cm³/mol. The molecule has 2 saturated heterocycles. The van der Waals surface area contributed by atoms with Crippen LogP contribution in [0.2, 0.25) is 0 Å². The summed E-state index contributed by atoms with van der Waals surface area (Å²) in [5, 5.41) is 26.7. The van der Waals surface area contributed by atoms with Gasteiger partial charge in [0.05, 0.1) is 40.1 Å². The Hall–Kier alpha value is -5.06. The molecule has 368 valence electrons. The van der Waals surface area contributed by atoms with E-state index < -0.39 is 57.5 Å². The van der Waals surface area contributed by atoms with Crippen LogP contribution in [-0.2, 0) is 51.6 Å². The van der Waals surface area contributed by atoms with Crippen molar-refractivity contribution in [3.8, 4) is 11.5 Å². The summed E-state index contributed by atoms with van der Waals surface area (Å²) in [5.74, 6) is -0.0784. The van der Waals surface area contributed by atoms with Gasteiger partial charge in [-0.3, -0.25) is 19.4 Å². The van der Waals surface area contributed by atoms with E-state index in [1.54, 1.807) is 26.0 Å². The van der Waals surface area contributed by atoms with Crippen molar-refractivity contribution in [3.05, 3.63) is 94.7 Å². The minimum absolute atomic E-state index is 0.135. The topological polar surface area (TPSA) is 163 Å². The number of benzene rings is 3. The maximum atomic E-state index is 15.7. The number of carbonyl (C=O) groups excluding carboxylic acids is 3. The van der Waals surface area contributed by atoms with Gasteiger partial charge < -0.3 is 43.8 Å². The second-order valence-electron chi connectivity index (χ2n) is 20.5. The highest BCUT2D eigenvalue weighted by molar-refractivity contribution is 7.98. The van der Waals surface area contributed by atoms with E-state index in [-0.39, 0.29) is 12.0 Å². The molecule has 14 nitrogen and oxygen atoms in total. The molecule has 3 aromatic carbocycles. The number of hydrogen-bond donors (Lipinski definition) is 3. The van der Waals surface area contributed by atoms with E-state index in [4.69, 9.17) is 23.7 Å². The van der Waals surface area contributed by atoms with Gasteiger partial charge in [0.15, 0.2) is 6.10 Å². The Morgan fingerprint density at radius 3 is 2.33 bits per heavy atom. The van der Waals surface area contributed by atoms with E-state index in [1.165, 1.54) is 26.7 Å². The van der Waals surface area contributed by atoms with Gasteiger partial charge in [-0.25, -0.2) is 4.79 Å². The average molecular weight is 963 g/mol. The first kappa shape index (κ1) is 47.6. The number of carbonyl (C=O) groups is 3. The Labute approximate surface area is 408 Å². The molecule has 1 unspecified atom stereocenters. The van der Waals surface area contributed by atoms with E-state index in [2.05, 4.69) is 63.3 Å². The minimum atomic E-state index is -2.33. The van der Waals surface area contributed by atoms with Gasteiger partial charge in [-0.05, 0) is 104 Å². The second-order valence-corrected chi connectivity index (χ2v) is 21.6. The van der Waals surface area contributed by atoms with Crippen LogP contribution in [0.3, 0.4) is 0 Å². The van der Waals surface area contributed by atoms with Gasteiger partial charge in [-0.1, -0.05) is 38.1 Å². The Bertz CT molecular complexity index is 2730. The zero-order valence-corrected chi connectivity index (χ0v) is 41.9. The molecule has 1 spiro atoms. The molecule has 10 rings (SSSR count). The zero-order chi connectivity index (χ0) is 48.8. The van der Waals surface area contributed by atoms with Crippen LogP contribution in [0.5, 0.6) is 11.5 Å². The number of aromatic nitrogens is 1. The summed E-state index contributed by atoms with van der Waals surface area (Å²) in [5.41, 5.74) is -0.722. The van der Waals surface area contributed by atoms with E-state index in [0.29, 0.717) is 82.6 Å². The summed E-state index contributed by atoms with van der Waals surface area (Å²) in [6.07, 6.45) is 5.79. The number of nitrogens with zero attached hydrogens (tertiary/aromatic N) is 3. The van der Waals surface area contributed by atoms with Crippen LogP contribution in [0.25, 0.3) is 10.9 Å². The molecule has 1 saturated carbocycles. The van der Waals surface area contributed by atoms with E-state index >= 15 is 4.79 Å². The number of fused-ring (bicyclic) bond motifs is 6. The highest BCUT2D eigenvalue weighted by Gasteiger charge is 2.80. The number of hydrogen-bond acceptors (Lipinski definition) is 14. The van der Waals surface area contributed by atoms with Crippen LogP contribution in [0.4, 0.5) is 5.69 Å². The first-order valence-electron chi connectivity index (χ1n) is 24.4. The molecule has 69 heavy (non-hydrogen) atoms. The Morgan fingerprint density at radius 1 is 0.884 bits per heavy atom. The lowest BCUT2D eigenvalue weighted by Crippen LogP contribution is -2.81. The molecule has 0 amide bonds. The molecule has 3 fully saturated rings. The molecule has 5 aliphatic heterocycles. The SMILES string of the molecule is CC[C@]1(O)C[C@H]2CN(CCc3c([nH]c4ccc(SCc5ccc(OC)cc5)cc34)[C@@](C(=O)OC)(c3cc4c(cc3OC)N(C)[C@H]3[C@@](O)(C(=O)OC)[C@H](OC(C)=O)[C@]5(CC)C=CCN6CC[C@]43[C@@H]65)C2)C1. The minimum Gasteiger partial charge on any atom is -0.497 e. The summed E-state index contributed by atoms with van der Waals surface area (Å²) in [6.45, 7) is 8.52. The summed E-state index contributed by atoms with van der Waals surface area (Å²) in [7, 11) is 7.84. The predicted octanol–water partition coefficient (Wildman–Crippen LogP) is 6.29. The van der Waals surface area contributed by atoms with Gasteiger partial charge >= 0.3 is 17.9 Å². The number of esters is 3. The number of aromatic amines is 1. The van der Waals surface area contributed by atoms with Crippen molar-refractivity contribution in [3.63, 3.8) is 0 Å². The monoisotopic (exact) mass is 962 g/mol. The van der Waals surface area contributed by atoms with Crippen molar-refractivity contribution in [2.45, 2.75) is 110 Å². The number of piperidine rings is 1.